The molecule has 126 valence electrons. The lowest BCUT2D eigenvalue weighted by atomic mass is 9.93. The Labute approximate surface area is 138 Å². The maximum atomic E-state index is 12.0. The van der Waals surface area contributed by atoms with Gasteiger partial charge in [0.25, 0.3) is 0 Å². The lowest BCUT2D eigenvalue weighted by molar-refractivity contribution is -0.124. The maximum absolute atomic E-state index is 12.0. The zero-order chi connectivity index (χ0) is 16.1. The number of rotatable bonds is 5. The van der Waals surface area contributed by atoms with Crippen molar-refractivity contribution in [2.24, 2.45) is 11.7 Å². The van der Waals surface area contributed by atoms with Crippen LogP contribution in [0.25, 0.3) is 0 Å². The number of morpholine rings is 1. The van der Waals surface area contributed by atoms with Crippen LogP contribution in [0.3, 0.4) is 0 Å². The van der Waals surface area contributed by atoms with Gasteiger partial charge in [-0.2, -0.15) is 0 Å². The Bertz CT molecular complexity index is 494. The van der Waals surface area contributed by atoms with E-state index in [9.17, 15) is 4.79 Å². The summed E-state index contributed by atoms with van der Waals surface area (Å²) < 4.78 is 5.41. The average Bonchev–Trinajstić information content (AvgIpc) is 2.58. The van der Waals surface area contributed by atoms with Crippen molar-refractivity contribution in [2.75, 3.05) is 45.9 Å². The van der Waals surface area contributed by atoms with Gasteiger partial charge in [-0.25, -0.2) is 0 Å². The first-order valence-electron chi connectivity index (χ1n) is 8.62. The number of hydrogen-bond acceptors (Lipinski definition) is 4. The molecule has 2 aliphatic heterocycles. The van der Waals surface area contributed by atoms with Crippen LogP contribution in [-0.4, -0.2) is 61.6 Å². The van der Waals surface area contributed by atoms with Gasteiger partial charge in [-0.3, -0.25) is 14.6 Å². The topological polar surface area (TPSA) is 58.8 Å². The zero-order valence-electron chi connectivity index (χ0n) is 13.7. The predicted molar refractivity (Wildman–Crippen MR) is 89.9 cm³/mol. The number of primary amides is 1. The van der Waals surface area contributed by atoms with Crippen LogP contribution in [0.1, 0.15) is 24.4 Å². The molecule has 0 spiro atoms. The summed E-state index contributed by atoms with van der Waals surface area (Å²) >= 11 is 0. The monoisotopic (exact) mass is 317 g/mol. The molecule has 0 aliphatic carbocycles. The van der Waals surface area contributed by atoms with Crippen molar-refractivity contribution >= 4 is 5.91 Å². The Kier molecular flexibility index (Phi) is 5.65. The van der Waals surface area contributed by atoms with Crippen LogP contribution in [-0.2, 0) is 9.53 Å². The van der Waals surface area contributed by atoms with E-state index >= 15 is 0 Å². The minimum absolute atomic E-state index is 0.247. The largest absolute Gasteiger partial charge is 0.379 e. The summed E-state index contributed by atoms with van der Waals surface area (Å²) in [4.78, 5) is 16.7. The molecule has 2 aliphatic rings. The number of ether oxygens (including phenoxy) is 1. The molecule has 0 radical (unpaired) electrons. The lowest BCUT2D eigenvalue weighted by Crippen LogP contribution is -2.45. The van der Waals surface area contributed by atoms with Gasteiger partial charge >= 0.3 is 0 Å². The average molecular weight is 317 g/mol. The number of carbonyl (C=O) groups excluding carboxylic acids is 1. The SMILES string of the molecule is NC(=O)[C@H](c1ccccc1)N1CCC(CN2CCOCC2)CC1. The normalized spacial score (nSPS) is 22.8. The standard InChI is InChI=1S/C18H27N3O2/c19-18(22)17(16-4-2-1-3-5-16)21-8-6-15(7-9-21)14-20-10-12-23-13-11-20/h1-5,15,17H,6-14H2,(H2,19,22)/t17-/m0/s1. The fourth-order valence-electron chi connectivity index (χ4n) is 3.73. The van der Waals surface area contributed by atoms with E-state index in [1.54, 1.807) is 0 Å². The van der Waals surface area contributed by atoms with Crippen molar-refractivity contribution in [3.63, 3.8) is 0 Å². The van der Waals surface area contributed by atoms with Crippen molar-refractivity contribution in [2.45, 2.75) is 18.9 Å². The molecule has 2 saturated heterocycles. The molecule has 1 aromatic rings. The van der Waals surface area contributed by atoms with Crippen molar-refractivity contribution in [1.82, 2.24) is 9.80 Å². The van der Waals surface area contributed by atoms with E-state index in [4.69, 9.17) is 10.5 Å². The van der Waals surface area contributed by atoms with Crippen LogP contribution in [0.4, 0.5) is 0 Å². The summed E-state index contributed by atoms with van der Waals surface area (Å²) in [7, 11) is 0. The van der Waals surface area contributed by atoms with Crippen molar-refractivity contribution in [3.05, 3.63) is 35.9 Å². The van der Waals surface area contributed by atoms with Crippen molar-refractivity contribution in [1.29, 1.82) is 0 Å². The molecular weight excluding hydrogens is 290 g/mol. The maximum Gasteiger partial charge on any atom is 0.239 e. The minimum Gasteiger partial charge on any atom is -0.379 e. The van der Waals surface area contributed by atoms with Gasteiger partial charge in [-0.15, -0.1) is 0 Å². The highest BCUT2D eigenvalue weighted by molar-refractivity contribution is 5.81. The number of likely N-dealkylation sites (tertiary alicyclic amines) is 1. The Morgan fingerprint density at radius 2 is 1.78 bits per heavy atom. The number of nitrogens with two attached hydrogens (primary N) is 1. The van der Waals surface area contributed by atoms with Crippen LogP contribution in [0.2, 0.25) is 0 Å². The molecular formula is C18H27N3O2. The molecule has 0 unspecified atom stereocenters. The molecule has 2 heterocycles. The molecule has 0 bridgehead atoms. The second kappa shape index (κ2) is 7.90. The van der Waals surface area contributed by atoms with Crippen molar-refractivity contribution < 1.29 is 9.53 Å². The van der Waals surface area contributed by atoms with Gasteiger partial charge in [-0.1, -0.05) is 30.3 Å². The van der Waals surface area contributed by atoms with E-state index in [1.807, 2.05) is 30.3 Å². The Hall–Kier alpha value is -1.43. The zero-order valence-corrected chi connectivity index (χ0v) is 13.7. The first kappa shape index (κ1) is 16.4. The number of amides is 1. The lowest BCUT2D eigenvalue weighted by Gasteiger charge is -2.38. The van der Waals surface area contributed by atoms with E-state index in [0.717, 1.165) is 64.3 Å². The molecule has 1 atom stereocenters. The third kappa shape index (κ3) is 4.31. The summed E-state index contributed by atoms with van der Waals surface area (Å²) in [5.74, 6) is 0.469. The molecule has 5 heteroatoms. The molecule has 0 saturated carbocycles. The van der Waals surface area contributed by atoms with Crippen LogP contribution in [0, 0.1) is 5.92 Å². The van der Waals surface area contributed by atoms with Crippen LogP contribution >= 0.6 is 0 Å². The van der Waals surface area contributed by atoms with Gasteiger partial charge in [0.2, 0.25) is 5.91 Å². The van der Waals surface area contributed by atoms with E-state index in [0.29, 0.717) is 5.92 Å². The van der Waals surface area contributed by atoms with Crippen molar-refractivity contribution in [3.8, 4) is 0 Å². The van der Waals surface area contributed by atoms with Gasteiger partial charge in [-0.05, 0) is 37.4 Å². The van der Waals surface area contributed by atoms with Gasteiger partial charge in [0.15, 0.2) is 0 Å². The number of benzene rings is 1. The summed E-state index contributed by atoms with van der Waals surface area (Å²) in [5.41, 5.74) is 6.69. The highest BCUT2D eigenvalue weighted by Crippen LogP contribution is 2.27. The first-order valence-corrected chi connectivity index (χ1v) is 8.62. The number of hydrogen-bond donors (Lipinski definition) is 1. The van der Waals surface area contributed by atoms with E-state index in [2.05, 4.69) is 9.80 Å². The van der Waals surface area contributed by atoms with Gasteiger partial charge in [0.1, 0.15) is 6.04 Å². The third-order valence-corrected chi connectivity index (χ3v) is 5.02. The van der Waals surface area contributed by atoms with E-state index in [1.165, 1.54) is 0 Å². The molecule has 5 nitrogen and oxygen atoms in total. The fraction of sp³-hybridized carbons (Fsp3) is 0.611. The summed E-state index contributed by atoms with van der Waals surface area (Å²) in [6.45, 7) is 6.86. The molecule has 23 heavy (non-hydrogen) atoms. The molecule has 0 aromatic heterocycles. The van der Waals surface area contributed by atoms with Crippen LogP contribution in [0.5, 0.6) is 0 Å². The summed E-state index contributed by atoms with van der Waals surface area (Å²) in [5, 5.41) is 0. The number of piperidine rings is 1. The predicted octanol–water partition coefficient (Wildman–Crippen LogP) is 1.26. The molecule has 1 aromatic carbocycles. The van der Waals surface area contributed by atoms with Gasteiger partial charge in [0.05, 0.1) is 13.2 Å². The van der Waals surface area contributed by atoms with Crippen LogP contribution < -0.4 is 5.73 Å². The number of carbonyl (C=O) groups is 1. The molecule has 2 fully saturated rings. The van der Waals surface area contributed by atoms with E-state index in [-0.39, 0.29) is 11.9 Å². The minimum atomic E-state index is -0.291. The quantitative estimate of drug-likeness (QED) is 0.888. The third-order valence-electron chi connectivity index (χ3n) is 5.02. The smallest absolute Gasteiger partial charge is 0.239 e. The summed E-state index contributed by atoms with van der Waals surface area (Å²) in [6, 6.07) is 9.61. The fourth-order valence-corrected chi connectivity index (χ4v) is 3.73. The Morgan fingerprint density at radius 1 is 1.13 bits per heavy atom. The first-order chi connectivity index (χ1) is 11.2. The van der Waals surface area contributed by atoms with E-state index < -0.39 is 0 Å². The molecule has 1 amide bonds. The van der Waals surface area contributed by atoms with Crippen LogP contribution in [0.15, 0.2) is 30.3 Å². The molecule has 3 rings (SSSR count). The highest BCUT2D eigenvalue weighted by Gasteiger charge is 2.30. The summed E-state index contributed by atoms with van der Waals surface area (Å²) in [6.07, 6.45) is 2.27. The van der Waals surface area contributed by atoms with Gasteiger partial charge < -0.3 is 10.5 Å². The molecule has 2 N–H and O–H groups in total. The second-order valence-corrected chi connectivity index (χ2v) is 6.61. The van der Waals surface area contributed by atoms with Gasteiger partial charge in [0, 0.05) is 19.6 Å². The Morgan fingerprint density at radius 3 is 2.39 bits per heavy atom. The number of nitrogens with zero attached hydrogens (tertiary/aromatic N) is 2. The Balaban J connectivity index is 1.55. The second-order valence-electron chi connectivity index (χ2n) is 6.61. The highest BCUT2D eigenvalue weighted by atomic mass is 16.5.